The highest BCUT2D eigenvalue weighted by molar-refractivity contribution is 14.1. The van der Waals surface area contributed by atoms with Crippen molar-refractivity contribution in [2.75, 3.05) is 7.05 Å². The first kappa shape index (κ1) is 15.5. The molecule has 1 nitrogen and oxygen atoms in total. The average Bonchev–Trinajstić information content (AvgIpc) is 2.90. The normalized spacial score (nSPS) is 12.8. The zero-order valence-corrected chi connectivity index (χ0v) is 16.3. The van der Waals surface area contributed by atoms with E-state index in [9.17, 15) is 0 Å². The summed E-state index contributed by atoms with van der Waals surface area (Å²) in [5.74, 6) is 0. The number of rotatable bonds is 3. The lowest BCUT2D eigenvalue weighted by atomic mass is 9.97. The lowest BCUT2D eigenvalue weighted by molar-refractivity contribution is 0.694. The van der Waals surface area contributed by atoms with Crippen LogP contribution in [0, 0.1) is 10.5 Å². The van der Waals surface area contributed by atoms with Crippen LogP contribution in [0.4, 0.5) is 0 Å². The second-order valence-electron chi connectivity index (χ2n) is 5.01. The maximum Gasteiger partial charge on any atom is 0.0599 e. The van der Waals surface area contributed by atoms with Crippen LogP contribution in [0.25, 0.3) is 10.1 Å². The Kier molecular flexibility index (Phi) is 4.69. The van der Waals surface area contributed by atoms with Gasteiger partial charge in [-0.05, 0) is 86.0 Å². The van der Waals surface area contributed by atoms with Crippen LogP contribution in [0.5, 0.6) is 0 Å². The number of hydrogen-bond acceptors (Lipinski definition) is 2. The summed E-state index contributed by atoms with van der Waals surface area (Å²) in [5.41, 5.74) is 4.02. The van der Waals surface area contributed by atoms with E-state index in [4.69, 9.17) is 0 Å². The Hall–Kier alpha value is -0.430. The largest absolute Gasteiger partial charge is 0.309 e. The van der Waals surface area contributed by atoms with E-state index < -0.39 is 0 Å². The highest BCUT2D eigenvalue weighted by Gasteiger charge is 2.19. The molecule has 0 fully saturated rings. The molecular weight excluding hydrogens is 457 g/mol. The highest BCUT2D eigenvalue weighted by Crippen LogP contribution is 2.38. The molecule has 3 aromatic rings. The molecule has 1 unspecified atom stereocenters. The minimum atomic E-state index is 0.222. The lowest BCUT2D eigenvalue weighted by Gasteiger charge is -2.19. The minimum Gasteiger partial charge on any atom is -0.309 e. The van der Waals surface area contributed by atoms with E-state index in [1.807, 2.05) is 7.05 Å². The molecule has 3 rings (SSSR count). The van der Waals surface area contributed by atoms with Gasteiger partial charge >= 0.3 is 0 Å². The topological polar surface area (TPSA) is 12.0 Å². The van der Waals surface area contributed by atoms with E-state index >= 15 is 0 Å². The Morgan fingerprint density at radius 3 is 2.67 bits per heavy atom. The van der Waals surface area contributed by atoms with Crippen molar-refractivity contribution in [3.63, 3.8) is 0 Å². The molecule has 0 aliphatic carbocycles. The quantitative estimate of drug-likeness (QED) is 0.470. The molecule has 0 bridgehead atoms. The molecule has 1 aromatic heterocycles. The average molecular weight is 472 g/mol. The van der Waals surface area contributed by atoms with Crippen LogP contribution in [0.1, 0.15) is 22.7 Å². The summed E-state index contributed by atoms with van der Waals surface area (Å²) in [6.07, 6.45) is 0. The van der Waals surface area contributed by atoms with E-state index in [2.05, 4.69) is 92.5 Å². The van der Waals surface area contributed by atoms with Crippen molar-refractivity contribution in [1.29, 1.82) is 0 Å². The first-order chi connectivity index (χ1) is 10.1. The Morgan fingerprint density at radius 1 is 1.14 bits per heavy atom. The third-order valence-corrected chi connectivity index (χ3v) is 7.16. The molecule has 1 heterocycles. The monoisotopic (exact) mass is 471 g/mol. The molecule has 1 N–H and O–H groups in total. The van der Waals surface area contributed by atoms with Crippen molar-refractivity contribution in [3.8, 4) is 0 Å². The number of aryl methyl sites for hydroxylation is 1. The van der Waals surface area contributed by atoms with Crippen LogP contribution in [0.15, 0.2) is 46.3 Å². The number of halogens is 2. The molecule has 0 radical (unpaired) electrons. The minimum absolute atomic E-state index is 0.222. The Balaban J connectivity index is 2.19. The maximum absolute atomic E-state index is 3.65. The molecule has 0 aliphatic heterocycles. The van der Waals surface area contributed by atoms with Gasteiger partial charge in [-0.25, -0.2) is 0 Å². The van der Waals surface area contributed by atoms with Gasteiger partial charge in [-0.15, -0.1) is 11.3 Å². The van der Waals surface area contributed by atoms with Gasteiger partial charge in [0.15, 0.2) is 0 Å². The summed E-state index contributed by atoms with van der Waals surface area (Å²) >= 11 is 7.90. The second-order valence-corrected chi connectivity index (χ2v) is 7.82. The molecule has 0 aliphatic rings. The van der Waals surface area contributed by atoms with Gasteiger partial charge in [0.25, 0.3) is 0 Å². The van der Waals surface area contributed by atoms with Crippen LogP contribution in [-0.2, 0) is 0 Å². The SMILES string of the molecule is CNC(c1cccc(C)c1I)c1csc2c(Br)cccc12. The summed E-state index contributed by atoms with van der Waals surface area (Å²) in [6, 6.07) is 13.2. The zero-order valence-electron chi connectivity index (χ0n) is 11.8. The lowest BCUT2D eigenvalue weighted by Crippen LogP contribution is -2.18. The summed E-state index contributed by atoms with van der Waals surface area (Å²) in [7, 11) is 2.03. The van der Waals surface area contributed by atoms with Gasteiger partial charge in [0.1, 0.15) is 0 Å². The van der Waals surface area contributed by atoms with Crippen molar-refractivity contribution < 1.29 is 0 Å². The number of fused-ring (bicyclic) bond motifs is 1. The van der Waals surface area contributed by atoms with Crippen LogP contribution in [0.3, 0.4) is 0 Å². The molecule has 4 heteroatoms. The van der Waals surface area contributed by atoms with E-state index in [1.54, 1.807) is 11.3 Å². The molecule has 2 aromatic carbocycles. The van der Waals surface area contributed by atoms with Crippen molar-refractivity contribution in [1.82, 2.24) is 5.32 Å². The second kappa shape index (κ2) is 6.36. The molecule has 0 spiro atoms. The summed E-state index contributed by atoms with van der Waals surface area (Å²) in [6.45, 7) is 2.17. The predicted molar refractivity (Wildman–Crippen MR) is 104 cm³/mol. The molecule has 21 heavy (non-hydrogen) atoms. The van der Waals surface area contributed by atoms with Gasteiger partial charge < -0.3 is 5.32 Å². The van der Waals surface area contributed by atoms with E-state index in [-0.39, 0.29) is 6.04 Å². The van der Waals surface area contributed by atoms with Gasteiger partial charge in [-0.2, -0.15) is 0 Å². The maximum atomic E-state index is 3.65. The predicted octanol–water partition coefficient (Wildman–Crippen LogP) is 5.89. The van der Waals surface area contributed by atoms with Crippen molar-refractivity contribution in [3.05, 3.63) is 66.5 Å². The van der Waals surface area contributed by atoms with Gasteiger partial charge in [-0.3, -0.25) is 0 Å². The molecular formula is C17H15BrINS. The number of thiophene rings is 1. The zero-order chi connectivity index (χ0) is 15.0. The van der Waals surface area contributed by atoms with E-state index in [1.165, 1.54) is 34.8 Å². The third kappa shape index (κ3) is 2.79. The molecule has 0 amide bonds. The van der Waals surface area contributed by atoms with Gasteiger partial charge in [0.2, 0.25) is 0 Å². The third-order valence-electron chi connectivity index (χ3n) is 3.71. The Bertz CT molecular complexity index is 797. The summed E-state index contributed by atoms with van der Waals surface area (Å²) in [4.78, 5) is 0. The Labute approximate surface area is 151 Å². The first-order valence-corrected chi connectivity index (χ1v) is 9.46. The fraction of sp³-hybridized carbons (Fsp3) is 0.176. The van der Waals surface area contributed by atoms with Crippen LogP contribution < -0.4 is 5.32 Å². The first-order valence-electron chi connectivity index (χ1n) is 6.71. The smallest absolute Gasteiger partial charge is 0.0599 e. The van der Waals surface area contributed by atoms with Crippen molar-refractivity contribution in [2.45, 2.75) is 13.0 Å². The molecule has 1 atom stereocenters. The van der Waals surface area contributed by atoms with Crippen molar-refractivity contribution in [2.24, 2.45) is 0 Å². The van der Waals surface area contributed by atoms with E-state index in [0.717, 1.165) is 0 Å². The fourth-order valence-electron chi connectivity index (χ4n) is 2.64. The van der Waals surface area contributed by atoms with Gasteiger partial charge in [0, 0.05) is 12.7 Å². The highest BCUT2D eigenvalue weighted by atomic mass is 127. The van der Waals surface area contributed by atoms with Gasteiger partial charge in [0.05, 0.1) is 6.04 Å². The fourth-order valence-corrected chi connectivity index (χ4v) is 4.96. The molecule has 0 saturated carbocycles. The van der Waals surface area contributed by atoms with Crippen molar-refractivity contribution >= 4 is 59.9 Å². The molecule has 0 saturated heterocycles. The Morgan fingerprint density at radius 2 is 1.90 bits per heavy atom. The summed E-state index contributed by atoms with van der Waals surface area (Å²) in [5, 5.41) is 7.08. The van der Waals surface area contributed by atoms with Gasteiger partial charge in [-0.1, -0.05) is 30.3 Å². The van der Waals surface area contributed by atoms with Crippen LogP contribution in [-0.4, -0.2) is 7.05 Å². The number of hydrogen-bond donors (Lipinski definition) is 1. The van der Waals surface area contributed by atoms with Crippen LogP contribution >= 0.6 is 49.9 Å². The number of nitrogens with one attached hydrogen (secondary N) is 1. The van der Waals surface area contributed by atoms with Crippen LogP contribution in [0.2, 0.25) is 0 Å². The number of benzene rings is 2. The molecule has 108 valence electrons. The standard InChI is InChI=1S/C17H15BrINS/c1-10-5-3-7-12(15(10)19)16(20-2)13-9-21-17-11(13)6-4-8-14(17)18/h3-9,16,20H,1-2H3. The van der Waals surface area contributed by atoms with E-state index in [0.29, 0.717) is 0 Å². The summed E-state index contributed by atoms with van der Waals surface area (Å²) < 4.78 is 3.82.